The maximum atomic E-state index is 12.7. The summed E-state index contributed by atoms with van der Waals surface area (Å²) in [6.07, 6.45) is 5.47. The van der Waals surface area contributed by atoms with E-state index in [1.165, 1.54) is 5.56 Å². The van der Waals surface area contributed by atoms with Crippen LogP contribution in [0.4, 0.5) is 0 Å². The van der Waals surface area contributed by atoms with E-state index < -0.39 is 0 Å². The lowest BCUT2D eigenvalue weighted by molar-refractivity contribution is -0.135. The van der Waals surface area contributed by atoms with Crippen LogP contribution in [0.3, 0.4) is 0 Å². The number of likely N-dealkylation sites (N-methyl/N-ethyl adjacent to an activating group) is 1. The monoisotopic (exact) mass is 397 g/mol. The van der Waals surface area contributed by atoms with Gasteiger partial charge in [-0.25, -0.2) is 0 Å². The van der Waals surface area contributed by atoms with Crippen LogP contribution in [0, 0.1) is 0 Å². The Hall–Kier alpha value is -2.76. The first-order chi connectivity index (χ1) is 13.8. The second-order valence-corrected chi connectivity index (χ2v) is 8.13. The third-order valence-corrected chi connectivity index (χ3v) is 5.58. The Kier molecular flexibility index (Phi) is 6.62. The van der Waals surface area contributed by atoms with Crippen molar-refractivity contribution in [3.05, 3.63) is 53.9 Å². The molecule has 0 spiro atoms. The summed E-state index contributed by atoms with van der Waals surface area (Å²) >= 11 is 0. The molecular weight excluding hydrogens is 366 g/mol. The summed E-state index contributed by atoms with van der Waals surface area (Å²) in [7, 11) is 3.72. The predicted octanol–water partition coefficient (Wildman–Crippen LogP) is 3.29. The number of hydrogen-bond donors (Lipinski definition) is 0. The lowest BCUT2D eigenvalue weighted by atomic mass is 10.0. The highest BCUT2D eigenvalue weighted by atomic mass is 16.5. The van der Waals surface area contributed by atoms with Gasteiger partial charge < -0.3 is 19.1 Å². The maximum Gasteiger partial charge on any atom is 0.260 e. The molecule has 2 amide bonds. The van der Waals surface area contributed by atoms with Gasteiger partial charge in [0.25, 0.3) is 11.8 Å². The van der Waals surface area contributed by atoms with Crippen molar-refractivity contribution >= 4 is 11.8 Å². The Labute approximate surface area is 173 Å². The van der Waals surface area contributed by atoms with Crippen LogP contribution < -0.4 is 4.74 Å². The highest BCUT2D eigenvalue weighted by Crippen LogP contribution is 2.21. The Morgan fingerprint density at radius 1 is 1.28 bits per heavy atom. The number of aromatic nitrogens is 1. The van der Waals surface area contributed by atoms with E-state index in [0.717, 1.165) is 18.6 Å². The average Bonchev–Trinajstić information content (AvgIpc) is 3.17. The van der Waals surface area contributed by atoms with Gasteiger partial charge in [-0.15, -0.1) is 0 Å². The van der Waals surface area contributed by atoms with Gasteiger partial charge in [0.05, 0.1) is 5.56 Å². The van der Waals surface area contributed by atoms with Crippen molar-refractivity contribution in [3.63, 3.8) is 0 Å². The van der Waals surface area contributed by atoms with Crippen molar-refractivity contribution in [1.29, 1.82) is 0 Å². The number of nitrogens with zero attached hydrogens (tertiary/aromatic N) is 3. The molecule has 2 aromatic rings. The SMILES string of the molecule is CC(C)c1cccc(OCC(=O)N2CCCC(N(C)C(=O)c3ccn(C)c3)C2)c1. The van der Waals surface area contributed by atoms with Crippen LogP contribution in [0.25, 0.3) is 0 Å². The van der Waals surface area contributed by atoms with E-state index in [0.29, 0.717) is 24.6 Å². The number of carbonyl (C=O) groups excluding carboxylic acids is 2. The van der Waals surface area contributed by atoms with Crippen molar-refractivity contribution < 1.29 is 14.3 Å². The molecule has 1 aliphatic rings. The molecule has 1 aromatic carbocycles. The Balaban J connectivity index is 1.56. The van der Waals surface area contributed by atoms with Gasteiger partial charge in [-0.1, -0.05) is 26.0 Å². The zero-order valence-electron chi connectivity index (χ0n) is 17.8. The molecule has 0 N–H and O–H groups in total. The quantitative estimate of drug-likeness (QED) is 0.752. The molecule has 0 saturated carbocycles. The van der Waals surface area contributed by atoms with Crippen LogP contribution in [0.15, 0.2) is 42.7 Å². The van der Waals surface area contributed by atoms with Crippen LogP contribution in [-0.2, 0) is 11.8 Å². The van der Waals surface area contributed by atoms with E-state index in [1.54, 1.807) is 4.90 Å². The van der Waals surface area contributed by atoms with E-state index in [4.69, 9.17) is 4.74 Å². The van der Waals surface area contributed by atoms with Gasteiger partial charge in [0, 0.05) is 45.6 Å². The molecule has 1 atom stereocenters. The van der Waals surface area contributed by atoms with Gasteiger partial charge >= 0.3 is 0 Å². The Morgan fingerprint density at radius 3 is 2.76 bits per heavy atom. The molecule has 156 valence electrons. The second kappa shape index (κ2) is 9.16. The van der Waals surface area contributed by atoms with Gasteiger partial charge in [-0.3, -0.25) is 9.59 Å². The van der Waals surface area contributed by atoms with Crippen LogP contribution in [-0.4, -0.2) is 59.0 Å². The van der Waals surface area contributed by atoms with Gasteiger partial charge in [-0.05, 0) is 42.5 Å². The van der Waals surface area contributed by atoms with Crippen LogP contribution in [0.2, 0.25) is 0 Å². The van der Waals surface area contributed by atoms with Crippen molar-refractivity contribution in [1.82, 2.24) is 14.4 Å². The molecule has 1 unspecified atom stereocenters. The fourth-order valence-corrected chi connectivity index (χ4v) is 3.70. The molecule has 1 aromatic heterocycles. The molecule has 29 heavy (non-hydrogen) atoms. The normalized spacial score (nSPS) is 16.7. The first-order valence-corrected chi connectivity index (χ1v) is 10.2. The van der Waals surface area contributed by atoms with E-state index in [9.17, 15) is 9.59 Å². The van der Waals surface area contributed by atoms with Crippen molar-refractivity contribution in [2.24, 2.45) is 7.05 Å². The number of rotatable bonds is 6. The zero-order chi connectivity index (χ0) is 21.0. The summed E-state index contributed by atoms with van der Waals surface area (Å²) in [5.74, 6) is 1.08. The van der Waals surface area contributed by atoms with E-state index in [2.05, 4.69) is 19.9 Å². The number of carbonyl (C=O) groups is 2. The van der Waals surface area contributed by atoms with Crippen LogP contribution >= 0.6 is 0 Å². The van der Waals surface area contributed by atoms with Crippen molar-refractivity contribution in [3.8, 4) is 5.75 Å². The predicted molar refractivity (Wildman–Crippen MR) is 113 cm³/mol. The minimum absolute atomic E-state index is 0.00773. The minimum Gasteiger partial charge on any atom is -0.484 e. The number of hydrogen-bond acceptors (Lipinski definition) is 3. The van der Waals surface area contributed by atoms with Crippen molar-refractivity contribution in [2.45, 2.75) is 38.6 Å². The molecule has 0 radical (unpaired) electrons. The van der Waals surface area contributed by atoms with Gasteiger partial charge in [0.15, 0.2) is 6.61 Å². The van der Waals surface area contributed by atoms with E-state index in [1.807, 2.05) is 60.2 Å². The van der Waals surface area contributed by atoms with Gasteiger partial charge in [-0.2, -0.15) is 0 Å². The molecule has 0 bridgehead atoms. The molecule has 1 aliphatic heterocycles. The molecule has 1 saturated heterocycles. The Bertz CT molecular complexity index is 859. The third-order valence-electron chi connectivity index (χ3n) is 5.58. The van der Waals surface area contributed by atoms with Crippen molar-refractivity contribution in [2.75, 3.05) is 26.7 Å². The standard InChI is InChI=1S/C23H31N3O3/c1-17(2)18-7-5-9-21(13-18)29-16-22(27)26-11-6-8-20(15-26)25(4)23(28)19-10-12-24(3)14-19/h5,7,9-10,12-14,17,20H,6,8,11,15-16H2,1-4H3. The van der Waals surface area contributed by atoms with Crippen LogP contribution in [0.5, 0.6) is 5.75 Å². The fourth-order valence-electron chi connectivity index (χ4n) is 3.70. The molecule has 6 heteroatoms. The highest BCUT2D eigenvalue weighted by Gasteiger charge is 2.29. The highest BCUT2D eigenvalue weighted by molar-refractivity contribution is 5.94. The summed E-state index contributed by atoms with van der Waals surface area (Å²) in [4.78, 5) is 29.0. The third kappa shape index (κ3) is 5.19. The summed E-state index contributed by atoms with van der Waals surface area (Å²) in [6, 6.07) is 9.73. The summed E-state index contributed by atoms with van der Waals surface area (Å²) in [6.45, 7) is 5.53. The second-order valence-electron chi connectivity index (χ2n) is 8.13. The summed E-state index contributed by atoms with van der Waals surface area (Å²) in [5.41, 5.74) is 1.86. The average molecular weight is 398 g/mol. The number of piperidine rings is 1. The summed E-state index contributed by atoms with van der Waals surface area (Å²) < 4.78 is 7.62. The first-order valence-electron chi connectivity index (χ1n) is 10.2. The number of amides is 2. The number of likely N-dealkylation sites (tertiary alicyclic amines) is 1. The molecule has 2 heterocycles. The molecular formula is C23H31N3O3. The first kappa shape index (κ1) is 21.0. The molecule has 1 fully saturated rings. The number of aryl methyl sites for hydroxylation is 1. The fraction of sp³-hybridized carbons (Fsp3) is 0.478. The number of ether oxygens (including phenoxy) is 1. The van der Waals surface area contributed by atoms with Gasteiger partial charge in [0.2, 0.25) is 0 Å². The maximum absolute atomic E-state index is 12.7. The van der Waals surface area contributed by atoms with E-state index in [-0.39, 0.29) is 24.5 Å². The molecule has 6 nitrogen and oxygen atoms in total. The van der Waals surface area contributed by atoms with Gasteiger partial charge in [0.1, 0.15) is 5.75 Å². The lowest BCUT2D eigenvalue weighted by Crippen LogP contribution is -2.51. The molecule has 0 aliphatic carbocycles. The van der Waals surface area contributed by atoms with Crippen LogP contribution in [0.1, 0.15) is 48.5 Å². The number of benzene rings is 1. The smallest absolute Gasteiger partial charge is 0.260 e. The largest absolute Gasteiger partial charge is 0.484 e. The molecule has 3 rings (SSSR count). The topological polar surface area (TPSA) is 54.8 Å². The zero-order valence-corrected chi connectivity index (χ0v) is 17.8. The summed E-state index contributed by atoms with van der Waals surface area (Å²) in [5, 5.41) is 0. The minimum atomic E-state index is -0.0368. The lowest BCUT2D eigenvalue weighted by Gasteiger charge is -2.37. The Morgan fingerprint density at radius 2 is 2.07 bits per heavy atom. The van der Waals surface area contributed by atoms with E-state index >= 15 is 0 Å².